The van der Waals surface area contributed by atoms with Gasteiger partial charge in [0.1, 0.15) is 5.00 Å². The lowest BCUT2D eigenvalue weighted by molar-refractivity contribution is 0.0601. The molecule has 2 heterocycles. The quantitative estimate of drug-likeness (QED) is 0.552. The fraction of sp³-hybridized carbons (Fsp3) is 0.400. The van der Waals surface area contributed by atoms with Crippen LogP contribution in [0.25, 0.3) is 0 Å². The summed E-state index contributed by atoms with van der Waals surface area (Å²) in [4.78, 5) is 13.7. The van der Waals surface area contributed by atoms with Crippen LogP contribution in [0.2, 0.25) is 0 Å². The first-order chi connectivity index (χ1) is 13.7. The van der Waals surface area contributed by atoms with E-state index < -0.39 is 0 Å². The van der Waals surface area contributed by atoms with Crippen molar-refractivity contribution >= 4 is 45.3 Å². The number of anilines is 2. The van der Waals surface area contributed by atoms with E-state index in [9.17, 15) is 4.79 Å². The molecular weight excluding hydrogens is 396 g/mol. The highest BCUT2D eigenvalue weighted by molar-refractivity contribution is 7.80. The second-order valence-electron chi connectivity index (χ2n) is 6.76. The van der Waals surface area contributed by atoms with E-state index in [1.54, 1.807) is 11.3 Å². The van der Waals surface area contributed by atoms with Gasteiger partial charge in [-0.05, 0) is 55.6 Å². The maximum absolute atomic E-state index is 12.5. The first-order valence-electron chi connectivity index (χ1n) is 9.36. The van der Waals surface area contributed by atoms with Crippen molar-refractivity contribution in [3.05, 3.63) is 34.2 Å². The van der Waals surface area contributed by atoms with Crippen LogP contribution in [-0.4, -0.2) is 25.0 Å². The average molecular weight is 419 g/mol. The first-order valence-corrected chi connectivity index (χ1v) is 10.6. The van der Waals surface area contributed by atoms with Crippen molar-refractivity contribution in [1.82, 2.24) is 0 Å². The molecule has 0 atom stereocenters. The molecule has 1 aromatic heterocycles. The van der Waals surface area contributed by atoms with Crippen LogP contribution in [0, 0.1) is 0 Å². The van der Waals surface area contributed by atoms with Crippen molar-refractivity contribution in [3.8, 4) is 11.5 Å². The van der Waals surface area contributed by atoms with Gasteiger partial charge in [0.15, 0.2) is 16.6 Å². The normalized spacial score (nSPS) is 15.2. The van der Waals surface area contributed by atoms with E-state index in [1.807, 2.05) is 18.2 Å². The minimum atomic E-state index is -0.313. The van der Waals surface area contributed by atoms with Crippen molar-refractivity contribution in [2.75, 3.05) is 24.5 Å². The lowest BCUT2D eigenvalue weighted by Crippen LogP contribution is -2.20. The molecule has 2 N–H and O–H groups in total. The summed E-state index contributed by atoms with van der Waals surface area (Å²) >= 11 is 7.09. The minimum Gasteiger partial charge on any atom is -0.465 e. The summed E-state index contributed by atoms with van der Waals surface area (Å²) in [6.45, 7) is 0.227. The number of hydrogen-bond donors (Lipinski definition) is 2. The van der Waals surface area contributed by atoms with Crippen LogP contribution < -0.4 is 20.1 Å². The molecule has 0 radical (unpaired) electrons. The van der Waals surface area contributed by atoms with E-state index in [0.717, 1.165) is 47.7 Å². The highest BCUT2D eigenvalue weighted by Crippen LogP contribution is 2.38. The van der Waals surface area contributed by atoms with E-state index in [1.165, 1.54) is 24.8 Å². The van der Waals surface area contributed by atoms with Crippen LogP contribution in [0.1, 0.15) is 46.5 Å². The van der Waals surface area contributed by atoms with Crippen LogP contribution in [0.3, 0.4) is 0 Å². The average Bonchev–Trinajstić information content (AvgIpc) is 3.25. The molecule has 0 spiro atoms. The zero-order chi connectivity index (χ0) is 19.5. The minimum absolute atomic E-state index is 0.227. The van der Waals surface area contributed by atoms with Crippen LogP contribution in [-0.2, 0) is 17.6 Å². The molecule has 4 rings (SSSR count). The third-order valence-electron chi connectivity index (χ3n) is 4.92. The highest BCUT2D eigenvalue weighted by atomic mass is 32.1. The van der Waals surface area contributed by atoms with Crippen LogP contribution in [0.15, 0.2) is 18.2 Å². The lowest BCUT2D eigenvalue weighted by Gasteiger charge is -2.12. The summed E-state index contributed by atoms with van der Waals surface area (Å²) < 4.78 is 15.8. The van der Waals surface area contributed by atoms with Crippen molar-refractivity contribution in [3.63, 3.8) is 0 Å². The molecule has 2 aromatic rings. The SMILES string of the molecule is COC(=O)c1c(NC(=S)Nc2ccc3c(c2)OCO3)sc2c1CCCCCC2. The van der Waals surface area contributed by atoms with Crippen molar-refractivity contribution < 1.29 is 19.0 Å². The number of carbonyl (C=O) groups excluding carboxylic acids is 1. The molecule has 2 aliphatic rings. The molecular formula is C20H22N2O4S2. The molecule has 0 unspecified atom stereocenters. The second-order valence-corrected chi connectivity index (χ2v) is 8.27. The number of benzene rings is 1. The van der Waals surface area contributed by atoms with Gasteiger partial charge in [-0.25, -0.2) is 4.79 Å². The maximum atomic E-state index is 12.5. The number of carbonyl (C=O) groups is 1. The maximum Gasteiger partial charge on any atom is 0.341 e. The van der Waals surface area contributed by atoms with Gasteiger partial charge in [-0.2, -0.15) is 0 Å². The fourth-order valence-electron chi connectivity index (χ4n) is 3.57. The largest absolute Gasteiger partial charge is 0.465 e. The van der Waals surface area contributed by atoms with Gasteiger partial charge >= 0.3 is 5.97 Å². The van der Waals surface area contributed by atoms with Crippen LogP contribution >= 0.6 is 23.6 Å². The number of ether oxygens (including phenoxy) is 3. The Hall–Kier alpha value is -2.32. The summed E-state index contributed by atoms with van der Waals surface area (Å²) in [5.74, 6) is 1.09. The molecule has 8 heteroatoms. The summed E-state index contributed by atoms with van der Waals surface area (Å²) in [5.41, 5.74) is 2.53. The molecule has 1 aliphatic carbocycles. The molecule has 0 saturated carbocycles. The Bertz CT molecular complexity index is 910. The van der Waals surface area contributed by atoms with Crippen molar-refractivity contribution in [2.45, 2.75) is 38.5 Å². The van der Waals surface area contributed by atoms with Gasteiger partial charge in [0.2, 0.25) is 6.79 Å². The van der Waals surface area contributed by atoms with Gasteiger partial charge in [-0.15, -0.1) is 11.3 Å². The molecule has 28 heavy (non-hydrogen) atoms. The highest BCUT2D eigenvalue weighted by Gasteiger charge is 2.25. The summed E-state index contributed by atoms with van der Waals surface area (Å²) in [6.07, 6.45) is 6.56. The van der Waals surface area contributed by atoms with Crippen LogP contribution in [0.5, 0.6) is 11.5 Å². The number of aryl methyl sites for hydroxylation is 1. The Morgan fingerprint density at radius 2 is 1.89 bits per heavy atom. The molecule has 0 amide bonds. The van der Waals surface area contributed by atoms with E-state index in [2.05, 4.69) is 10.6 Å². The Morgan fingerprint density at radius 3 is 2.71 bits per heavy atom. The lowest BCUT2D eigenvalue weighted by atomic mass is 9.96. The zero-order valence-electron chi connectivity index (χ0n) is 15.6. The van der Waals surface area contributed by atoms with Crippen molar-refractivity contribution in [2.24, 2.45) is 0 Å². The monoisotopic (exact) mass is 418 g/mol. The molecule has 0 bridgehead atoms. The predicted molar refractivity (Wildman–Crippen MR) is 114 cm³/mol. The third-order valence-corrected chi connectivity index (χ3v) is 6.33. The number of esters is 1. The van der Waals surface area contributed by atoms with Gasteiger partial charge in [0.25, 0.3) is 0 Å². The number of nitrogens with one attached hydrogen (secondary N) is 2. The second kappa shape index (κ2) is 8.36. The van der Waals surface area contributed by atoms with Gasteiger partial charge in [0.05, 0.1) is 12.7 Å². The van der Waals surface area contributed by atoms with Gasteiger partial charge < -0.3 is 24.8 Å². The summed E-state index contributed by atoms with van der Waals surface area (Å²) in [6, 6.07) is 5.55. The Morgan fingerprint density at radius 1 is 1.11 bits per heavy atom. The molecule has 1 aromatic carbocycles. The predicted octanol–water partition coefficient (Wildman–Crippen LogP) is 4.73. The van der Waals surface area contributed by atoms with E-state index in [4.69, 9.17) is 26.4 Å². The topological polar surface area (TPSA) is 68.8 Å². The van der Waals surface area contributed by atoms with Gasteiger partial charge in [-0.1, -0.05) is 12.8 Å². The molecule has 0 saturated heterocycles. The number of fused-ring (bicyclic) bond motifs is 2. The van der Waals surface area contributed by atoms with Crippen LogP contribution in [0.4, 0.5) is 10.7 Å². The third kappa shape index (κ3) is 3.93. The zero-order valence-corrected chi connectivity index (χ0v) is 17.3. The summed E-state index contributed by atoms with van der Waals surface area (Å²) in [7, 11) is 1.42. The van der Waals surface area contributed by atoms with Gasteiger partial charge in [-0.3, -0.25) is 0 Å². The Balaban J connectivity index is 1.55. The number of thiophene rings is 1. The first kappa shape index (κ1) is 19.0. The Kier molecular flexibility index (Phi) is 5.68. The van der Waals surface area contributed by atoms with Crippen molar-refractivity contribution in [1.29, 1.82) is 0 Å². The van der Waals surface area contributed by atoms with E-state index in [0.29, 0.717) is 16.4 Å². The number of hydrogen-bond acceptors (Lipinski definition) is 6. The molecule has 148 valence electrons. The molecule has 6 nitrogen and oxygen atoms in total. The molecule has 0 fully saturated rings. The fourth-order valence-corrected chi connectivity index (χ4v) is 5.13. The summed E-state index contributed by atoms with van der Waals surface area (Å²) in [5, 5.41) is 7.52. The number of methoxy groups -OCH3 is 1. The number of rotatable bonds is 3. The Labute approximate surface area is 173 Å². The standard InChI is InChI=1S/C20H22N2O4S2/c1-24-19(23)17-13-6-4-2-3-5-7-16(13)28-18(17)22-20(27)21-12-8-9-14-15(10-12)26-11-25-14/h8-10H,2-7,11H2,1H3,(H2,21,22,27). The van der Waals surface area contributed by atoms with Gasteiger partial charge in [0, 0.05) is 16.6 Å². The smallest absolute Gasteiger partial charge is 0.341 e. The van der Waals surface area contributed by atoms with E-state index in [-0.39, 0.29) is 12.8 Å². The van der Waals surface area contributed by atoms with E-state index >= 15 is 0 Å². The number of thiocarbonyl (C=S) groups is 1. The molecule has 1 aliphatic heterocycles.